The maximum absolute atomic E-state index is 12.3. The van der Waals surface area contributed by atoms with E-state index in [0.29, 0.717) is 37.0 Å². The van der Waals surface area contributed by atoms with Crippen LogP contribution in [-0.2, 0) is 22.5 Å². The highest BCUT2D eigenvalue weighted by atomic mass is 32.2. The number of nitrogens with one attached hydrogen (secondary N) is 1. The van der Waals surface area contributed by atoms with Crippen LogP contribution in [0.1, 0.15) is 5.56 Å². The number of aromatic nitrogens is 4. The molecular formula is C20H23N7O4S. The number of hydrogen-bond donors (Lipinski definition) is 1. The molecule has 12 heteroatoms. The van der Waals surface area contributed by atoms with Crippen LogP contribution in [0, 0.1) is 10.1 Å². The first-order valence-corrected chi connectivity index (χ1v) is 11.4. The minimum atomic E-state index is -0.464. The van der Waals surface area contributed by atoms with Crippen LogP contribution in [0.2, 0.25) is 0 Å². The Morgan fingerprint density at radius 3 is 2.69 bits per heavy atom. The van der Waals surface area contributed by atoms with Gasteiger partial charge < -0.3 is 15.0 Å². The van der Waals surface area contributed by atoms with Crippen molar-refractivity contribution in [3.05, 3.63) is 46.1 Å². The summed E-state index contributed by atoms with van der Waals surface area (Å²) in [5.41, 5.74) is 1.45. The van der Waals surface area contributed by atoms with Crippen molar-refractivity contribution >= 4 is 40.2 Å². The lowest BCUT2D eigenvalue weighted by Gasteiger charge is -2.28. The Hall–Kier alpha value is -3.25. The Labute approximate surface area is 188 Å². The molecule has 0 aliphatic carbocycles. The van der Waals surface area contributed by atoms with E-state index in [0.717, 1.165) is 29.9 Å². The lowest BCUT2D eigenvalue weighted by Crippen LogP contribution is -2.37. The molecule has 0 saturated carbocycles. The summed E-state index contributed by atoms with van der Waals surface area (Å²) in [6, 6.07) is 5.97. The summed E-state index contributed by atoms with van der Waals surface area (Å²) in [6.07, 6.45) is 3.85. The molecule has 2 aromatic heterocycles. The van der Waals surface area contributed by atoms with Gasteiger partial charge in [0.05, 0.1) is 42.7 Å². The number of morpholine rings is 1. The zero-order valence-electron chi connectivity index (χ0n) is 17.6. The van der Waals surface area contributed by atoms with Gasteiger partial charge in [-0.2, -0.15) is 5.10 Å². The third-order valence-corrected chi connectivity index (χ3v) is 5.65. The molecule has 168 valence electrons. The minimum Gasteiger partial charge on any atom is -0.378 e. The van der Waals surface area contributed by atoms with Crippen LogP contribution in [0.3, 0.4) is 0 Å². The highest BCUT2D eigenvalue weighted by Crippen LogP contribution is 2.27. The van der Waals surface area contributed by atoms with Gasteiger partial charge in [0.1, 0.15) is 5.82 Å². The van der Waals surface area contributed by atoms with Crippen molar-refractivity contribution < 1.29 is 14.5 Å². The van der Waals surface area contributed by atoms with Gasteiger partial charge in [-0.1, -0.05) is 23.9 Å². The van der Waals surface area contributed by atoms with E-state index >= 15 is 0 Å². The quantitative estimate of drug-likeness (QED) is 0.232. The monoisotopic (exact) mass is 457 g/mol. The number of fused-ring (bicyclic) bond motifs is 1. The van der Waals surface area contributed by atoms with Crippen LogP contribution in [0.25, 0.3) is 11.0 Å². The van der Waals surface area contributed by atoms with Crippen molar-refractivity contribution in [2.75, 3.05) is 44.0 Å². The molecule has 1 aliphatic heterocycles. The van der Waals surface area contributed by atoms with E-state index < -0.39 is 4.92 Å². The third kappa shape index (κ3) is 4.97. The Balaban J connectivity index is 1.40. The first kappa shape index (κ1) is 22.0. The average Bonchev–Trinajstić information content (AvgIpc) is 3.22. The van der Waals surface area contributed by atoms with Gasteiger partial charge >= 0.3 is 0 Å². The van der Waals surface area contributed by atoms with Gasteiger partial charge in [0.25, 0.3) is 5.69 Å². The van der Waals surface area contributed by atoms with Crippen LogP contribution in [-0.4, -0.2) is 69.7 Å². The zero-order valence-corrected chi connectivity index (χ0v) is 18.4. The molecule has 0 unspecified atom stereocenters. The molecule has 1 aromatic carbocycles. The van der Waals surface area contributed by atoms with Crippen molar-refractivity contribution in [1.82, 2.24) is 25.1 Å². The predicted octanol–water partition coefficient (Wildman–Crippen LogP) is 1.65. The maximum Gasteiger partial charge on any atom is 0.269 e. The maximum atomic E-state index is 12.3. The number of nitro groups is 1. The summed E-state index contributed by atoms with van der Waals surface area (Å²) in [5, 5.41) is 19.6. The molecule has 1 fully saturated rings. The molecule has 0 bridgehead atoms. The number of anilines is 1. The van der Waals surface area contributed by atoms with Gasteiger partial charge in [-0.15, -0.1) is 0 Å². The zero-order chi connectivity index (χ0) is 22.5. The lowest BCUT2D eigenvalue weighted by molar-refractivity contribution is -0.384. The molecule has 32 heavy (non-hydrogen) atoms. The summed E-state index contributed by atoms with van der Waals surface area (Å²) in [5.74, 6) is 0.694. The molecule has 1 aliphatic rings. The normalized spacial score (nSPS) is 14.0. The van der Waals surface area contributed by atoms with Crippen molar-refractivity contribution in [2.24, 2.45) is 0 Å². The highest BCUT2D eigenvalue weighted by Gasteiger charge is 2.20. The number of ether oxygens (including phenoxy) is 1. The van der Waals surface area contributed by atoms with Crippen LogP contribution in [0.4, 0.5) is 11.5 Å². The smallest absolute Gasteiger partial charge is 0.269 e. The topological polar surface area (TPSA) is 128 Å². The Kier molecular flexibility index (Phi) is 6.81. The van der Waals surface area contributed by atoms with Gasteiger partial charge in [0.15, 0.2) is 10.8 Å². The van der Waals surface area contributed by atoms with Crippen LogP contribution < -0.4 is 10.2 Å². The van der Waals surface area contributed by atoms with Gasteiger partial charge in [-0.25, -0.2) is 14.6 Å². The van der Waals surface area contributed by atoms with E-state index in [1.165, 1.54) is 23.9 Å². The number of hydrogen-bond acceptors (Lipinski definition) is 9. The van der Waals surface area contributed by atoms with Gasteiger partial charge in [-0.3, -0.25) is 14.9 Å². The first-order chi connectivity index (χ1) is 15.5. The number of thioether (sulfide) groups is 1. The van der Waals surface area contributed by atoms with E-state index in [4.69, 9.17) is 4.74 Å². The van der Waals surface area contributed by atoms with Gasteiger partial charge in [0, 0.05) is 31.8 Å². The fraction of sp³-hybridized carbons (Fsp3) is 0.400. The number of rotatable bonds is 8. The van der Waals surface area contributed by atoms with E-state index in [1.807, 2.05) is 6.26 Å². The van der Waals surface area contributed by atoms with Crippen molar-refractivity contribution in [2.45, 2.75) is 18.1 Å². The third-order valence-electron chi connectivity index (χ3n) is 5.11. The van der Waals surface area contributed by atoms with Crippen LogP contribution in [0.5, 0.6) is 0 Å². The Morgan fingerprint density at radius 2 is 2.00 bits per heavy atom. The molecule has 4 rings (SSSR count). The van der Waals surface area contributed by atoms with E-state index in [9.17, 15) is 14.9 Å². The number of non-ortho nitro benzene ring substituents is 1. The average molecular weight is 458 g/mol. The van der Waals surface area contributed by atoms with E-state index in [-0.39, 0.29) is 18.0 Å². The molecule has 1 N–H and O–H groups in total. The molecular weight excluding hydrogens is 434 g/mol. The molecule has 11 nitrogen and oxygen atoms in total. The van der Waals surface area contributed by atoms with Crippen molar-refractivity contribution in [3.8, 4) is 0 Å². The van der Waals surface area contributed by atoms with E-state index in [2.05, 4.69) is 25.3 Å². The second kappa shape index (κ2) is 9.92. The number of carbonyl (C=O) groups excluding carboxylic acids is 1. The van der Waals surface area contributed by atoms with Crippen molar-refractivity contribution in [3.63, 3.8) is 0 Å². The number of nitrogens with zero attached hydrogens (tertiary/aromatic N) is 6. The summed E-state index contributed by atoms with van der Waals surface area (Å²) >= 11 is 1.47. The van der Waals surface area contributed by atoms with Gasteiger partial charge in [-0.05, 0) is 11.8 Å². The largest absolute Gasteiger partial charge is 0.378 e. The number of amides is 1. The minimum absolute atomic E-state index is 0.00256. The molecule has 3 heterocycles. The van der Waals surface area contributed by atoms with Crippen LogP contribution in [0.15, 0.2) is 35.6 Å². The Morgan fingerprint density at radius 1 is 1.25 bits per heavy atom. The second-order valence-electron chi connectivity index (χ2n) is 7.19. The van der Waals surface area contributed by atoms with Crippen molar-refractivity contribution in [1.29, 1.82) is 0 Å². The number of benzene rings is 1. The van der Waals surface area contributed by atoms with Gasteiger partial charge in [0.2, 0.25) is 5.91 Å². The lowest BCUT2D eigenvalue weighted by atomic mass is 10.1. The first-order valence-electron chi connectivity index (χ1n) is 10.2. The number of carbonyl (C=O) groups is 1. The summed E-state index contributed by atoms with van der Waals surface area (Å²) in [7, 11) is 0. The molecule has 0 radical (unpaired) electrons. The summed E-state index contributed by atoms with van der Waals surface area (Å²) in [6.45, 7) is 3.70. The fourth-order valence-corrected chi connectivity index (χ4v) is 3.83. The van der Waals surface area contributed by atoms with Crippen LogP contribution >= 0.6 is 11.8 Å². The molecule has 0 atom stereocenters. The molecule has 0 spiro atoms. The Bertz CT molecular complexity index is 1110. The summed E-state index contributed by atoms with van der Waals surface area (Å²) < 4.78 is 7.22. The highest BCUT2D eigenvalue weighted by molar-refractivity contribution is 7.98. The van der Waals surface area contributed by atoms with E-state index in [1.54, 1.807) is 23.0 Å². The molecule has 1 amide bonds. The second-order valence-corrected chi connectivity index (χ2v) is 7.96. The SMILES string of the molecule is CSc1nc(N2CCOCC2)c2cnn(CCNC(=O)Cc3ccc([N+](=O)[O-])cc3)c2n1. The molecule has 1 saturated heterocycles. The predicted molar refractivity (Wildman–Crippen MR) is 120 cm³/mol. The fourth-order valence-electron chi connectivity index (χ4n) is 3.48. The standard InChI is InChI=1S/C20H23N7O4S/c1-32-20-23-18(25-8-10-31-11-9-25)16-13-22-26(19(16)24-20)7-6-21-17(28)12-14-2-4-15(5-3-14)27(29)30/h2-5,13H,6-12H2,1H3,(H,21,28). The number of nitro benzene ring substituents is 1. The molecule has 3 aromatic rings. The summed E-state index contributed by atoms with van der Waals surface area (Å²) in [4.78, 5) is 34.0.